The molecule has 88 valence electrons. The third-order valence-corrected chi connectivity index (χ3v) is 2.92. The highest BCUT2D eigenvalue weighted by molar-refractivity contribution is 5.03. The Balaban J connectivity index is 1.91. The van der Waals surface area contributed by atoms with E-state index in [1.807, 2.05) is 0 Å². The lowest BCUT2D eigenvalue weighted by Gasteiger charge is -2.31. The molecular weight excluding hydrogens is 202 g/mol. The van der Waals surface area contributed by atoms with Gasteiger partial charge in [0.25, 0.3) is 0 Å². The molecule has 0 spiro atoms. The van der Waals surface area contributed by atoms with Gasteiger partial charge in [-0.1, -0.05) is 0 Å². The lowest BCUT2D eigenvalue weighted by molar-refractivity contribution is 0.138. The molecule has 1 aromatic rings. The fraction of sp³-hybridized carbons (Fsp3) is 0.667. The minimum absolute atomic E-state index is 0.223. The van der Waals surface area contributed by atoms with E-state index in [9.17, 15) is 0 Å². The smallest absolute Gasteiger partial charge is 0.232 e. The van der Waals surface area contributed by atoms with Crippen LogP contribution in [0.4, 0.5) is 0 Å². The third-order valence-electron chi connectivity index (χ3n) is 2.92. The molecule has 1 aliphatic rings. The molecule has 0 amide bonds. The molecule has 1 aromatic heterocycles. The summed E-state index contributed by atoms with van der Waals surface area (Å²) in [5, 5.41) is 0. The topological polar surface area (TPSA) is 38.2 Å². The molecule has 0 aromatic carbocycles. The van der Waals surface area contributed by atoms with Gasteiger partial charge in [-0.25, -0.2) is 4.98 Å². The molecule has 1 unspecified atom stereocenters. The minimum Gasteiger partial charge on any atom is -0.472 e. The van der Waals surface area contributed by atoms with Gasteiger partial charge in [0.05, 0.1) is 6.20 Å². The molecule has 16 heavy (non-hydrogen) atoms. The first-order chi connectivity index (χ1) is 7.55. The first kappa shape index (κ1) is 11.3. The van der Waals surface area contributed by atoms with Gasteiger partial charge in [-0.05, 0) is 27.2 Å². The molecule has 0 N–H and O–H groups in total. The maximum atomic E-state index is 5.79. The molecular formula is C12H19N3O. The first-order valence-corrected chi connectivity index (χ1v) is 5.73. The molecule has 0 saturated carbocycles. The van der Waals surface area contributed by atoms with E-state index in [2.05, 4.69) is 35.6 Å². The van der Waals surface area contributed by atoms with Crippen LogP contribution in [0.5, 0.6) is 5.88 Å². The van der Waals surface area contributed by atoms with Crippen LogP contribution in [-0.4, -0.2) is 39.6 Å². The Hall–Kier alpha value is -1.16. The predicted octanol–water partition coefficient (Wildman–Crippen LogP) is 1.73. The largest absolute Gasteiger partial charge is 0.472 e. The summed E-state index contributed by atoms with van der Waals surface area (Å²) >= 11 is 0. The molecule has 4 nitrogen and oxygen atoms in total. The second kappa shape index (κ2) is 4.37. The maximum absolute atomic E-state index is 5.79. The average molecular weight is 221 g/mol. The van der Waals surface area contributed by atoms with E-state index >= 15 is 0 Å². The predicted molar refractivity (Wildman–Crippen MR) is 62.4 cm³/mol. The number of hydrogen-bond acceptors (Lipinski definition) is 4. The molecule has 2 heterocycles. The number of aromatic nitrogens is 2. The molecule has 0 aliphatic carbocycles. The van der Waals surface area contributed by atoms with Gasteiger partial charge in [0.15, 0.2) is 0 Å². The zero-order valence-corrected chi connectivity index (χ0v) is 10.2. The quantitative estimate of drug-likeness (QED) is 0.762. The highest BCUT2D eigenvalue weighted by atomic mass is 16.5. The van der Waals surface area contributed by atoms with Crippen LogP contribution in [0.3, 0.4) is 0 Å². The van der Waals surface area contributed by atoms with Crippen LogP contribution in [0.2, 0.25) is 0 Å². The summed E-state index contributed by atoms with van der Waals surface area (Å²) in [6, 6.07) is 0. The summed E-state index contributed by atoms with van der Waals surface area (Å²) in [6.45, 7) is 8.77. The van der Waals surface area contributed by atoms with Crippen LogP contribution >= 0.6 is 0 Å². The molecule has 1 fully saturated rings. The van der Waals surface area contributed by atoms with E-state index in [0.29, 0.717) is 5.88 Å². The summed E-state index contributed by atoms with van der Waals surface area (Å²) in [7, 11) is 0. The van der Waals surface area contributed by atoms with E-state index in [1.165, 1.54) is 0 Å². The fourth-order valence-corrected chi connectivity index (χ4v) is 1.95. The Kier molecular flexibility index (Phi) is 3.10. The molecule has 0 bridgehead atoms. The Morgan fingerprint density at radius 3 is 2.75 bits per heavy atom. The maximum Gasteiger partial charge on any atom is 0.232 e. The lowest BCUT2D eigenvalue weighted by Crippen LogP contribution is -2.40. The van der Waals surface area contributed by atoms with Crippen molar-refractivity contribution in [2.45, 2.75) is 38.8 Å². The van der Waals surface area contributed by atoms with Crippen molar-refractivity contribution in [3.05, 3.63) is 18.6 Å². The highest BCUT2D eigenvalue weighted by Gasteiger charge is 2.31. The van der Waals surface area contributed by atoms with Crippen LogP contribution in [0.1, 0.15) is 27.2 Å². The van der Waals surface area contributed by atoms with E-state index in [1.54, 1.807) is 18.6 Å². The molecule has 4 heteroatoms. The Labute approximate surface area is 96.7 Å². The van der Waals surface area contributed by atoms with Gasteiger partial charge in [0.1, 0.15) is 6.10 Å². The van der Waals surface area contributed by atoms with Crippen molar-refractivity contribution in [2.75, 3.05) is 13.1 Å². The fourth-order valence-electron chi connectivity index (χ4n) is 1.95. The third kappa shape index (κ3) is 2.70. The van der Waals surface area contributed by atoms with Gasteiger partial charge in [-0.2, -0.15) is 0 Å². The van der Waals surface area contributed by atoms with E-state index in [-0.39, 0.29) is 11.6 Å². The summed E-state index contributed by atoms with van der Waals surface area (Å²) in [6.07, 6.45) is 6.29. The minimum atomic E-state index is 0.223. The van der Waals surface area contributed by atoms with Gasteiger partial charge >= 0.3 is 0 Å². The summed E-state index contributed by atoms with van der Waals surface area (Å²) in [4.78, 5) is 10.6. The van der Waals surface area contributed by atoms with Crippen molar-refractivity contribution in [1.82, 2.24) is 14.9 Å². The zero-order valence-electron chi connectivity index (χ0n) is 10.2. The van der Waals surface area contributed by atoms with Crippen LogP contribution < -0.4 is 4.74 Å². The van der Waals surface area contributed by atoms with Crippen LogP contribution in [0, 0.1) is 0 Å². The van der Waals surface area contributed by atoms with E-state index in [0.717, 1.165) is 19.5 Å². The number of likely N-dealkylation sites (tertiary alicyclic amines) is 1. The molecule has 1 aliphatic heterocycles. The van der Waals surface area contributed by atoms with Crippen molar-refractivity contribution in [1.29, 1.82) is 0 Å². The van der Waals surface area contributed by atoms with Gasteiger partial charge in [-0.15, -0.1) is 0 Å². The Bertz CT molecular complexity index is 334. The normalized spacial score (nSPS) is 22.3. The lowest BCUT2D eigenvalue weighted by atomic mass is 10.1. The first-order valence-electron chi connectivity index (χ1n) is 5.73. The second-order valence-electron chi connectivity index (χ2n) is 5.19. The average Bonchev–Trinajstić information content (AvgIpc) is 2.67. The van der Waals surface area contributed by atoms with Crippen LogP contribution in [-0.2, 0) is 0 Å². The number of ether oxygens (including phenoxy) is 1. The summed E-state index contributed by atoms with van der Waals surface area (Å²) < 4.78 is 5.79. The van der Waals surface area contributed by atoms with E-state index in [4.69, 9.17) is 4.74 Å². The van der Waals surface area contributed by atoms with Crippen LogP contribution in [0.15, 0.2) is 18.6 Å². The number of hydrogen-bond donors (Lipinski definition) is 0. The van der Waals surface area contributed by atoms with Crippen molar-refractivity contribution in [3.8, 4) is 5.88 Å². The Morgan fingerprint density at radius 1 is 1.38 bits per heavy atom. The van der Waals surface area contributed by atoms with Crippen molar-refractivity contribution >= 4 is 0 Å². The SMILES string of the molecule is CC(C)(C)N1CCC(Oc2cnccn2)C1. The summed E-state index contributed by atoms with van der Waals surface area (Å²) in [5.74, 6) is 0.628. The monoisotopic (exact) mass is 221 g/mol. The van der Waals surface area contributed by atoms with Gasteiger partial charge < -0.3 is 4.74 Å². The number of nitrogens with zero attached hydrogens (tertiary/aromatic N) is 3. The molecule has 2 rings (SSSR count). The van der Waals surface area contributed by atoms with Gasteiger partial charge in [-0.3, -0.25) is 9.88 Å². The number of rotatable bonds is 2. The van der Waals surface area contributed by atoms with Crippen molar-refractivity contribution < 1.29 is 4.74 Å². The van der Waals surface area contributed by atoms with Crippen molar-refractivity contribution in [3.63, 3.8) is 0 Å². The van der Waals surface area contributed by atoms with Gasteiger partial charge in [0.2, 0.25) is 5.88 Å². The van der Waals surface area contributed by atoms with Crippen LogP contribution in [0.25, 0.3) is 0 Å². The highest BCUT2D eigenvalue weighted by Crippen LogP contribution is 2.22. The zero-order chi connectivity index (χ0) is 11.6. The van der Waals surface area contributed by atoms with Gasteiger partial charge in [0, 0.05) is 31.0 Å². The second-order valence-corrected chi connectivity index (χ2v) is 5.19. The Morgan fingerprint density at radius 2 is 2.19 bits per heavy atom. The molecule has 1 saturated heterocycles. The standard InChI is InChI=1S/C12H19N3O/c1-12(2,3)15-7-4-10(9-15)16-11-8-13-5-6-14-11/h5-6,8,10H,4,7,9H2,1-3H3. The summed E-state index contributed by atoms with van der Waals surface area (Å²) in [5.41, 5.74) is 0.223. The molecule has 0 radical (unpaired) electrons. The molecule has 1 atom stereocenters. The van der Waals surface area contributed by atoms with E-state index < -0.39 is 0 Å². The van der Waals surface area contributed by atoms with Crippen molar-refractivity contribution in [2.24, 2.45) is 0 Å².